The van der Waals surface area contributed by atoms with Crippen LogP contribution in [0.3, 0.4) is 0 Å². The molecule has 2 heterocycles. The molecule has 1 aliphatic heterocycles. The van der Waals surface area contributed by atoms with Crippen molar-refractivity contribution in [3.63, 3.8) is 0 Å². The summed E-state index contributed by atoms with van der Waals surface area (Å²) in [6.45, 7) is 8.44. The third-order valence-electron chi connectivity index (χ3n) is 6.71. The molecule has 1 saturated carbocycles. The van der Waals surface area contributed by atoms with Crippen molar-refractivity contribution in [2.75, 3.05) is 0 Å². The fourth-order valence-corrected chi connectivity index (χ4v) is 4.64. The number of hydrogen-bond donors (Lipinski definition) is 1. The molecule has 2 aromatic carbocycles. The Morgan fingerprint density at radius 3 is 2.78 bits per heavy atom. The average Bonchev–Trinajstić information content (AvgIpc) is 3.11. The summed E-state index contributed by atoms with van der Waals surface area (Å²) in [5.74, 6) is 2.32. The molecule has 0 unspecified atom stereocenters. The van der Waals surface area contributed by atoms with Gasteiger partial charge in [-0.05, 0) is 43.1 Å². The molecular formula is C23H27N3O. The summed E-state index contributed by atoms with van der Waals surface area (Å²) in [6, 6.07) is 11.3. The Kier molecular flexibility index (Phi) is 3.62. The van der Waals surface area contributed by atoms with Gasteiger partial charge in [0.15, 0.2) is 0 Å². The monoisotopic (exact) mass is 361 g/mol. The highest BCUT2D eigenvalue weighted by Gasteiger charge is 2.55. The second-order valence-corrected chi connectivity index (χ2v) is 8.90. The topological polar surface area (TPSA) is 49.0 Å². The number of benzene rings is 2. The molecule has 0 bridgehead atoms. The van der Waals surface area contributed by atoms with E-state index in [9.17, 15) is 4.79 Å². The number of piperidine rings is 1. The fraction of sp³-hybridized carbons (Fsp3) is 0.478. The standard InChI is InChI=1S/C23H27N3O/c1-12(2)14(4)23(27)26-19-10-16(19)11-20(26)22-24-18-8-6-15-9-13(3)5-7-17(15)21(18)25-22/h5-9,12,14,16,19-20H,10-11H2,1-4H3,(H,24,25)/t14-,16-,19-,20-/m0/s1. The molecule has 1 saturated heterocycles. The first-order chi connectivity index (χ1) is 12.9. The summed E-state index contributed by atoms with van der Waals surface area (Å²) in [5, 5.41) is 2.40. The van der Waals surface area contributed by atoms with Gasteiger partial charge in [0.1, 0.15) is 5.82 Å². The number of H-pyrrole nitrogens is 1. The molecule has 1 amide bonds. The van der Waals surface area contributed by atoms with Gasteiger partial charge in [-0.2, -0.15) is 0 Å². The fourth-order valence-electron chi connectivity index (χ4n) is 4.64. The van der Waals surface area contributed by atoms with Crippen LogP contribution in [0.25, 0.3) is 21.8 Å². The number of aromatic nitrogens is 2. The summed E-state index contributed by atoms with van der Waals surface area (Å²) in [6.07, 6.45) is 2.20. The number of nitrogens with one attached hydrogen (secondary N) is 1. The number of imidazole rings is 1. The van der Waals surface area contributed by atoms with E-state index in [4.69, 9.17) is 4.98 Å². The van der Waals surface area contributed by atoms with Crippen LogP contribution in [0.2, 0.25) is 0 Å². The lowest BCUT2D eigenvalue weighted by Gasteiger charge is -2.30. The quantitative estimate of drug-likeness (QED) is 0.715. The van der Waals surface area contributed by atoms with Crippen molar-refractivity contribution in [1.82, 2.24) is 14.9 Å². The highest BCUT2D eigenvalue weighted by molar-refractivity contribution is 6.04. The minimum Gasteiger partial charge on any atom is -0.340 e. The van der Waals surface area contributed by atoms with Crippen LogP contribution in [-0.4, -0.2) is 26.8 Å². The van der Waals surface area contributed by atoms with E-state index in [-0.39, 0.29) is 12.0 Å². The van der Waals surface area contributed by atoms with Gasteiger partial charge in [-0.25, -0.2) is 4.98 Å². The van der Waals surface area contributed by atoms with Crippen LogP contribution in [0, 0.1) is 24.7 Å². The number of rotatable bonds is 3. The van der Waals surface area contributed by atoms with E-state index in [1.165, 1.54) is 16.3 Å². The van der Waals surface area contributed by atoms with Crippen molar-refractivity contribution >= 4 is 27.7 Å². The van der Waals surface area contributed by atoms with E-state index in [2.05, 4.69) is 67.9 Å². The molecule has 1 aliphatic carbocycles. The summed E-state index contributed by atoms with van der Waals surface area (Å²) in [7, 11) is 0. The second-order valence-electron chi connectivity index (χ2n) is 8.90. The van der Waals surface area contributed by atoms with Gasteiger partial charge in [0.25, 0.3) is 0 Å². The zero-order chi connectivity index (χ0) is 18.9. The minimum atomic E-state index is 0.0556. The van der Waals surface area contributed by atoms with Crippen LogP contribution in [-0.2, 0) is 4.79 Å². The molecule has 1 N–H and O–H groups in total. The predicted octanol–water partition coefficient (Wildman–Crippen LogP) is 4.98. The van der Waals surface area contributed by atoms with Crippen molar-refractivity contribution in [2.45, 2.75) is 52.6 Å². The van der Waals surface area contributed by atoms with Crippen LogP contribution in [0.4, 0.5) is 0 Å². The van der Waals surface area contributed by atoms with Crippen molar-refractivity contribution in [1.29, 1.82) is 0 Å². The smallest absolute Gasteiger partial charge is 0.226 e. The summed E-state index contributed by atoms with van der Waals surface area (Å²) in [5.41, 5.74) is 3.34. The van der Waals surface area contributed by atoms with Gasteiger partial charge in [0.2, 0.25) is 5.91 Å². The Hall–Kier alpha value is -2.36. The molecule has 3 aromatic rings. The number of carbonyl (C=O) groups excluding carboxylic acids is 1. The lowest BCUT2D eigenvalue weighted by atomic mass is 9.96. The highest BCUT2D eigenvalue weighted by atomic mass is 16.2. The number of aromatic amines is 1. The molecule has 2 aliphatic rings. The number of aryl methyl sites for hydroxylation is 1. The Balaban J connectivity index is 1.56. The van der Waals surface area contributed by atoms with Crippen molar-refractivity contribution in [3.05, 3.63) is 41.7 Å². The molecule has 4 heteroatoms. The van der Waals surface area contributed by atoms with Crippen LogP contribution in [0.15, 0.2) is 30.3 Å². The van der Waals surface area contributed by atoms with E-state index in [1.54, 1.807) is 0 Å². The first-order valence-electron chi connectivity index (χ1n) is 10.1. The molecule has 1 aromatic heterocycles. The minimum absolute atomic E-state index is 0.0556. The maximum Gasteiger partial charge on any atom is 0.226 e. The highest BCUT2D eigenvalue weighted by Crippen LogP contribution is 2.53. The van der Waals surface area contributed by atoms with Gasteiger partial charge in [-0.3, -0.25) is 4.79 Å². The molecule has 27 heavy (non-hydrogen) atoms. The first kappa shape index (κ1) is 16.8. The Morgan fingerprint density at radius 1 is 1.19 bits per heavy atom. The van der Waals surface area contributed by atoms with Crippen molar-refractivity contribution in [2.24, 2.45) is 17.8 Å². The van der Waals surface area contributed by atoms with Crippen LogP contribution < -0.4 is 0 Å². The number of fused-ring (bicyclic) bond motifs is 4. The normalized spacial score (nSPS) is 25.4. The zero-order valence-corrected chi connectivity index (χ0v) is 16.5. The van der Waals surface area contributed by atoms with Gasteiger partial charge < -0.3 is 9.88 Å². The van der Waals surface area contributed by atoms with Crippen molar-refractivity contribution < 1.29 is 4.79 Å². The Morgan fingerprint density at radius 2 is 2.00 bits per heavy atom. The maximum absolute atomic E-state index is 13.2. The van der Waals surface area contributed by atoms with E-state index in [1.807, 2.05) is 0 Å². The second kappa shape index (κ2) is 5.82. The number of carbonyl (C=O) groups is 1. The largest absolute Gasteiger partial charge is 0.340 e. The van der Waals surface area contributed by atoms with Crippen LogP contribution >= 0.6 is 0 Å². The van der Waals surface area contributed by atoms with Crippen LogP contribution in [0.5, 0.6) is 0 Å². The molecule has 2 fully saturated rings. The van der Waals surface area contributed by atoms with E-state index < -0.39 is 0 Å². The zero-order valence-electron chi connectivity index (χ0n) is 16.5. The lowest BCUT2D eigenvalue weighted by molar-refractivity contribution is -0.138. The molecule has 5 rings (SSSR count). The Bertz CT molecular complexity index is 1050. The van der Waals surface area contributed by atoms with Gasteiger partial charge in [0.05, 0.1) is 17.1 Å². The third-order valence-corrected chi connectivity index (χ3v) is 6.71. The molecule has 0 radical (unpaired) electrons. The van der Waals surface area contributed by atoms with Gasteiger partial charge >= 0.3 is 0 Å². The van der Waals surface area contributed by atoms with E-state index in [0.717, 1.165) is 29.7 Å². The van der Waals surface area contributed by atoms with Crippen LogP contribution in [0.1, 0.15) is 51.0 Å². The molecular weight excluding hydrogens is 334 g/mol. The van der Waals surface area contributed by atoms with E-state index >= 15 is 0 Å². The number of hydrogen-bond acceptors (Lipinski definition) is 2. The third kappa shape index (κ3) is 2.57. The van der Waals surface area contributed by atoms with Gasteiger partial charge in [-0.15, -0.1) is 0 Å². The van der Waals surface area contributed by atoms with Crippen molar-refractivity contribution in [3.8, 4) is 0 Å². The molecule has 140 valence electrons. The number of likely N-dealkylation sites (tertiary alicyclic amines) is 1. The summed E-state index contributed by atoms with van der Waals surface area (Å²) < 4.78 is 0. The summed E-state index contributed by atoms with van der Waals surface area (Å²) >= 11 is 0. The molecule has 0 spiro atoms. The Labute approximate surface area is 160 Å². The van der Waals surface area contributed by atoms with Gasteiger partial charge in [-0.1, -0.05) is 50.6 Å². The molecule has 4 atom stereocenters. The van der Waals surface area contributed by atoms with E-state index in [0.29, 0.717) is 23.8 Å². The lowest BCUT2D eigenvalue weighted by Crippen LogP contribution is -2.39. The molecule has 4 nitrogen and oxygen atoms in total. The number of amides is 1. The van der Waals surface area contributed by atoms with Gasteiger partial charge in [0, 0.05) is 17.3 Å². The summed E-state index contributed by atoms with van der Waals surface area (Å²) in [4.78, 5) is 23.8. The average molecular weight is 361 g/mol. The SMILES string of the molecule is Cc1ccc2c(ccc3[nH]c([C@@H]4C[C@@H]5C[C@@H]5N4C(=O)[C@@H](C)C(C)C)nc32)c1. The maximum atomic E-state index is 13.2. The first-order valence-corrected chi connectivity index (χ1v) is 10.1. The number of nitrogens with zero attached hydrogens (tertiary/aromatic N) is 2. The predicted molar refractivity (Wildman–Crippen MR) is 108 cm³/mol.